The highest BCUT2D eigenvalue weighted by Gasteiger charge is 2.38. The monoisotopic (exact) mass is 345 g/mol. The second-order valence-corrected chi connectivity index (χ2v) is 6.07. The summed E-state index contributed by atoms with van der Waals surface area (Å²) in [5, 5.41) is 12.4. The van der Waals surface area contributed by atoms with Gasteiger partial charge in [-0.15, -0.1) is 0 Å². The molecule has 1 N–H and O–H groups in total. The number of nitrogens with one attached hydrogen (secondary N) is 1. The van der Waals surface area contributed by atoms with Gasteiger partial charge in [0.15, 0.2) is 6.61 Å². The molecule has 1 aliphatic carbocycles. The Kier molecular flexibility index (Phi) is 6.69. The topological polar surface area (TPSA) is 108 Å². The first-order valence-electron chi connectivity index (χ1n) is 8.42. The Morgan fingerprint density at radius 3 is 2.64 bits per heavy atom. The van der Waals surface area contributed by atoms with Crippen LogP contribution in [0.5, 0.6) is 0 Å². The van der Waals surface area contributed by atoms with Crippen LogP contribution >= 0.6 is 0 Å². The first-order chi connectivity index (χ1) is 12.1. The van der Waals surface area contributed by atoms with Crippen LogP contribution in [0.1, 0.15) is 38.5 Å². The molecular weight excluding hydrogens is 322 g/mol. The summed E-state index contributed by atoms with van der Waals surface area (Å²) in [6.07, 6.45) is 7.56. The molecule has 1 fully saturated rings. The predicted octanol–water partition coefficient (Wildman–Crippen LogP) is 1.51. The normalized spacial score (nSPS) is 15.7. The first kappa shape index (κ1) is 18.6. The van der Waals surface area contributed by atoms with Gasteiger partial charge in [0.25, 0.3) is 5.91 Å². The van der Waals surface area contributed by atoms with E-state index in [2.05, 4.69) is 21.4 Å². The Bertz CT molecular complexity index is 623. The minimum Gasteiger partial charge on any atom is -0.456 e. The molecule has 0 bridgehead atoms. The minimum atomic E-state index is -0.770. The van der Waals surface area contributed by atoms with Gasteiger partial charge in [-0.3, -0.25) is 9.59 Å². The van der Waals surface area contributed by atoms with Crippen LogP contribution < -0.4 is 5.32 Å². The average Bonchev–Trinajstić information content (AvgIpc) is 2.67. The average molecular weight is 345 g/mol. The number of ether oxygens (including phenoxy) is 1. The van der Waals surface area contributed by atoms with Gasteiger partial charge in [-0.2, -0.15) is 5.26 Å². The van der Waals surface area contributed by atoms with Crippen molar-refractivity contribution in [2.75, 3.05) is 25.5 Å². The maximum absolute atomic E-state index is 12.3. The molecular formula is C17H23N5O3. The quantitative estimate of drug-likeness (QED) is 0.746. The molecule has 1 aromatic heterocycles. The molecule has 1 saturated carbocycles. The molecule has 8 nitrogen and oxygen atoms in total. The van der Waals surface area contributed by atoms with Gasteiger partial charge in [0.05, 0.1) is 12.5 Å². The van der Waals surface area contributed by atoms with E-state index in [1.807, 2.05) is 0 Å². The summed E-state index contributed by atoms with van der Waals surface area (Å²) in [7, 11) is 1.61. The van der Waals surface area contributed by atoms with Crippen molar-refractivity contribution in [2.45, 2.75) is 44.1 Å². The van der Waals surface area contributed by atoms with Crippen LogP contribution in [0.2, 0.25) is 0 Å². The zero-order chi connectivity index (χ0) is 18.1. The van der Waals surface area contributed by atoms with Crippen LogP contribution in [0, 0.1) is 11.3 Å². The fourth-order valence-corrected chi connectivity index (χ4v) is 2.88. The van der Waals surface area contributed by atoms with E-state index >= 15 is 0 Å². The highest BCUT2D eigenvalue weighted by Crippen LogP contribution is 2.32. The third kappa shape index (κ3) is 5.14. The zero-order valence-corrected chi connectivity index (χ0v) is 14.4. The van der Waals surface area contributed by atoms with E-state index in [0.29, 0.717) is 25.3 Å². The summed E-state index contributed by atoms with van der Waals surface area (Å²) in [6, 6.07) is 3.98. The molecule has 0 spiro atoms. The Hall–Kier alpha value is -2.69. The summed E-state index contributed by atoms with van der Waals surface area (Å²) in [4.78, 5) is 33.4. The van der Waals surface area contributed by atoms with E-state index < -0.39 is 11.5 Å². The van der Waals surface area contributed by atoms with Crippen molar-refractivity contribution in [1.29, 1.82) is 5.26 Å². The van der Waals surface area contributed by atoms with Crippen LogP contribution in [0.4, 0.5) is 5.95 Å². The fraction of sp³-hybridized carbons (Fsp3) is 0.588. The maximum atomic E-state index is 12.3. The second-order valence-electron chi connectivity index (χ2n) is 6.07. The van der Waals surface area contributed by atoms with Gasteiger partial charge in [-0.05, 0) is 18.9 Å². The lowest BCUT2D eigenvalue weighted by molar-refractivity contribution is -0.153. The molecule has 1 aromatic rings. The number of carbonyl (C=O) groups excluding carboxylic acids is 2. The van der Waals surface area contributed by atoms with Gasteiger partial charge in [0, 0.05) is 26.0 Å². The molecule has 25 heavy (non-hydrogen) atoms. The first-order valence-corrected chi connectivity index (χ1v) is 8.42. The van der Waals surface area contributed by atoms with E-state index in [-0.39, 0.29) is 18.9 Å². The molecule has 8 heteroatoms. The predicted molar refractivity (Wildman–Crippen MR) is 90.3 cm³/mol. The SMILES string of the molecule is CN(C(=O)COC(=O)CCNc1ncccn1)C1(C#N)CCCCC1. The number of anilines is 1. The molecule has 0 aliphatic heterocycles. The molecule has 0 radical (unpaired) electrons. The summed E-state index contributed by atoms with van der Waals surface area (Å²) >= 11 is 0. The van der Waals surface area contributed by atoms with Crippen LogP contribution in [0.15, 0.2) is 18.5 Å². The maximum Gasteiger partial charge on any atom is 0.308 e. The van der Waals surface area contributed by atoms with E-state index in [9.17, 15) is 14.9 Å². The molecule has 0 unspecified atom stereocenters. The summed E-state index contributed by atoms with van der Waals surface area (Å²) in [5.41, 5.74) is -0.770. The molecule has 2 rings (SSSR count). The van der Waals surface area contributed by atoms with E-state index in [0.717, 1.165) is 19.3 Å². The fourth-order valence-electron chi connectivity index (χ4n) is 2.88. The second kappa shape index (κ2) is 8.97. The van der Waals surface area contributed by atoms with Gasteiger partial charge in [-0.1, -0.05) is 19.3 Å². The van der Waals surface area contributed by atoms with E-state index in [1.165, 1.54) is 4.90 Å². The number of hydrogen-bond donors (Lipinski definition) is 1. The van der Waals surface area contributed by atoms with Gasteiger partial charge < -0.3 is 15.0 Å². The number of nitrogens with zero attached hydrogens (tertiary/aromatic N) is 4. The van der Waals surface area contributed by atoms with Crippen molar-refractivity contribution in [1.82, 2.24) is 14.9 Å². The van der Waals surface area contributed by atoms with Gasteiger partial charge in [0.2, 0.25) is 5.95 Å². The Morgan fingerprint density at radius 2 is 2.00 bits per heavy atom. The summed E-state index contributed by atoms with van der Waals surface area (Å²) in [6.45, 7) is -0.0321. The third-order valence-corrected chi connectivity index (χ3v) is 4.44. The van der Waals surface area contributed by atoms with Gasteiger partial charge in [0.1, 0.15) is 5.54 Å². The molecule has 1 amide bonds. The Morgan fingerprint density at radius 1 is 1.32 bits per heavy atom. The van der Waals surface area contributed by atoms with Crippen molar-refractivity contribution >= 4 is 17.8 Å². The molecule has 0 aromatic carbocycles. The minimum absolute atomic E-state index is 0.0959. The van der Waals surface area contributed by atoms with Crippen LogP contribution in [-0.2, 0) is 14.3 Å². The van der Waals surface area contributed by atoms with Crippen LogP contribution in [0.3, 0.4) is 0 Å². The van der Waals surface area contributed by atoms with Crippen molar-refractivity contribution < 1.29 is 14.3 Å². The van der Waals surface area contributed by atoms with Crippen LogP contribution in [-0.4, -0.2) is 52.5 Å². The number of aromatic nitrogens is 2. The van der Waals surface area contributed by atoms with Gasteiger partial charge in [-0.25, -0.2) is 9.97 Å². The van der Waals surface area contributed by atoms with Crippen molar-refractivity contribution in [2.24, 2.45) is 0 Å². The zero-order valence-electron chi connectivity index (χ0n) is 14.4. The standard InChI is InChI=1S/C17H23N5O3/c1-22(17(13-18)7-3-2-4-8-17)14(23)12-25-15(24)6-11-21-16-19-9-5-10-20-16/h5,9-10H,2-4,6-8,11-12H2,1H3,(H,19,20,21). The number of rotatable bonds is 7. The highest BCUT2D eigenvalue weighted by atomic mass is 16.5. The largest absolute Gasteiger partial charge is 0.456 e. The number of likely N-dealkylation sites (N-methyl/N-ethyl adjacent to an activating group) is 1. The number of hydrogen-bond acceptors (Lipinski definition) is 7. The Balaban J connectivity index is 1.73. The smallest absolute Gasteiger partial charge is 0.308 e. The number of amides is 1. The van der Waals surface area contributed by atoms with Crippen molar-refractivity contribution in [3.8, 4) is 6.07 Å². The molecule has 134 valence electrons. The van der Waals surface area contributed by atoms with Crippen molar-refractivity contribution in [3.63, 3.8) is 0 Å². The summed E-state index contributed by atoms with van der Waals surface area (Å²) in [5.74, 6) is -0.407. The Labute approximate surface area is 147 Å². The highest BCUT2D eigenvalue weighted by molar-refractivity contribution is 5.81. The van der Waals surface area contributed by atoms with E-state index in [4.69, 9.17) is 4.74 Å². The summed E-state index contributed by atoms with van der Waals surface area (Å²) < 4.78 is 5.02. The lowest BCUT2D eigenvalue weighted by Gasteiger charge is -2.38. The number of carbonyl (C=O) groups is 2. The molecule has 0 atom stereocenters. The number of esters is 1. The lowest BCUT2D eigenvalue weighted by Crippen LogP contribution is -2.51. The van der Waals surface area contributed by atoms with Crippen molar-refractivity contribution in [3.05, 3.63) is 18.5 Å². The number of nitriles is 1. The third-order valence-electron chi connectivity index (χ3n) is 4.44. The van der Waals surface area contributed by atoms with Crippen LogP contribution in [0.25, 0.3) is 0 Å². The lowest BCUT2D eigenvalue weighted by atomic mass is 9.81. The molecule has 0 saturated heterocycles. The molecule has 1 heterocycles. The molecule has 1 aliphatic rings. The van der Waals surface area contributed by atoms with Gasteiger partial charge >= 0.3 is 5.97 Å². The van der Waals surface area contributed by atoms with E-state index in [1.54, 1.807) is 25.5 Å².